The van der Waals surface area contributed by atoms with Crippen LogP contribution in [-0.4, -0.2) is 76.1 Å². The van der Waals surface area contributed by atoms with E-state index in [0.29, 0.717) is 25.3 Å². The van der Waals surface area contributed by atoms with Gasteiger partial charge in [-0.2, -0.15) is 12.6 Å². The van der Waals surface area contributed by atoms with Gasteiger partial charge in [0.05, 0.1) is 6.61 Å². The number of phosphoric ester groups is 1. The second-order valence-corrected chi connectivity index (χ2v) is 10.7. The molecule has 1 aromatic heterocycles. The molecule has 0 aromatic carbocycles. The van der Waals surface area contributed by atoms with E-state index in [1.54, 1.807) is 0 Å². The van der Waals surface area contributed by atoms with E-state index in [1.165, 1.54) is 6.20 Å². The van der Waals surface area contributed by atoms with E-state index in [0.717, 1.165) is 37.4 Å². The highest BCUT2D eigenvalue weighted by molar-refractivity contribution is 7.80. The fraction of sp³-hybridized carbons (Fsp3) is 0.727. The van der Waals surface area contributed by atoms with E-state index in [1.807, 2.05) is 0 Å². The summed E-state index contributed by atoms with van der Waals surface area (Å²) in [5.74, 6) is 0.265. The van der Waals surface area contributed by atoms with Crippen molar-refractivity contribution in [3.05, 3.63) is 32.6 Å². The molecule has 1 saturated heterocycles. The number of amides is 2. The van der Waals surface area contributed by atoms with Gasteiger partial charge >= 0.3 is 13.5 Å². The van der Waals surface area contributed by atoms with Crippen LogP contribution in [0.2, 0.25) is 0 Å². The standard InChI is InChI=1S/C22H37N4O10PS/c1-34-37(32,33)36-16-12-20(35-17(16)14-27)26-13-15(21(30)25-22(26)31)6-7-18(28)23-9-4-2-3-5-10-24-19(29)8-11-38/h13,16-17,20,27,38H,2-12,14H2,1H3,(H,23,28)(H,24,29)(H,32,33)(H,25,30,31)/t16?,17-,20-/m1/s1. The molecule has 1 fully saturated rings. The summed E-state index contributed by atoms with van der Waals surface area (Å²) >= 11 is 4.01. The number of aromatic nitrogens is 2. The molecule has 0 radical (unpaired) electrons. The Hall–Kier alpha value is -2.00. The van der Waals surface area contributed by atoms with E-state index >= 15 is 0 Å². The lowest BCUT2D eigenvalue weighted by Crippen LogP contribution is -2.35. The fourth-order valence-corrected chi connectivity index (χ4v) is 4.72. The molecule has 0 spiro atoms. The quantitative estimate of drug-likeness (QED) is 0.0828. The Morgan fingerprint density at radius 2 is 1.82 bits per heavy atom. The second-order valence-electron chi connectivity index (χ2n) is 8.75. The van der Waals surface area contributed by atoms with Gasteiger partial charge in [0.2, 0.25) is 11.8 Å². The number of ether oxygens (including phenoxy) is 1. The molecule has 1 aromatic rings. The molecule has 216 valence electrons. The number of aliphatic hydroxyl groups excluding tert-OH is 1. The van der Waals surface area contributed by atoms with Gasteiger partial charge in [0.1, 0.15) is 18.4 Å². The van der Waals surface area contributed by atoms with Crippen LogP contribution in [0.4, 0.5) is 0 Å². The van der Waals surface area contributed by atoms with Crippen molar-refractivity contribution in [1.29, 1.82) is 0 Å². The number of aliphatic hydroxyl groups is 1. The van der Waals surface area contributed by atoms with E-state index in [-0.39, 0.29) is 36.6 Å². The number of unbranched alkanes of at least 4 members (excludes halogenated alkanes) is 3. The molecule has 0 bridgehead atoms. The highest BCUT2D eigenvalue weighted by Gasteiger charge is 2.41. The maximum atomic E-state index is 12.4. The van der Waals surface area contributed by atoms with Gasteiger partial charge in [-0.15, -0.1) is 0 Å². The molecule has 0 saturated carbocycles. The zero-order chi connectivity index (χ0) is 28.1. The van der Waals surface area contributed by atoms with Gasteiger partial charge in [0.25, 0.3) is 5.56 Å². The number of aryl methyl sites for hydroxylation is 1. The molecular weight excluding hydrogens is 543 g/mol. The summed E-state index contributed by atoms with van der Waals surface area (Å²) in [5.41, 5.74) is -1.23. The number of hydrogen-bond donors (Lipinski definition) is 6. The van der Waals surface area contributed by atoms with Crippen molar-refractivity contribution in [2.45, 2.75) is 69.8 Å². The molecule has 2 heterocycles. The largest absolute Gasteiger partial charge is 0.472 e. The van der Waals surface area contributed by atoms with Crippen molar-refractivity contribution >= 4 is 32.3 Å². The third kappa shape index (κ3) is 10.6. The molecule has 5 N–H and O–H groups in total. The first kappa shape index (κ1) is 32.2. The fourth-order valence-electron chi connectivity index (χ4n) is 3.87. The van der Waals surface area contributed by atoms with Crippen LogP contribution in [0.1, 0.15) is 56.7 Å². The smallest absolute Gasteiger partial charge is 0.394 e. The summed E-state index contributed by atoms with van der Waals surface area (Å²) in [6.45, 7) is 0.561. The first-order chi connectivity index (χ1) is 18.1. The average molecular weight is 581 g/mol. The molecule has 2 amide bonds. The highest BCUT2D eigenvalue weighted by Crippen LogP contribution is 2.47. The normalized spacial score (nSPS) is 20.7. The molecule has 2 unspecified atom stereocenters. The number of rotatable bonds is 17. The minimum atomic E-state index is -4.37. The maximum absolute atomic E-state index is 12.4. The van der Waals surface area contributed by atoms with Crippen LogP contribution in [0.5, 0.6) is 0 Å². The number of nitrogens with one attached hydrogen (secondary N) is 3. The molecule has 4 atom stereocenters. The number of aromatic amines is 1. The van der Waals surface area contributed by atoms with E-state index in [4.69, 9.17) is 9.26 Å². The van der Waals surface area contributed by atoms with Gasteiger partial charge in [-0.25, -0.2) is 9.36 Å². The van der Waals surface area contributed by atoms with Gasteiger partial charge in [-0.1, -0.05) is 12.8 Å². The van der Waals surface area contributed by atoms with Crippen molar-refractivity contribution in [3.63, 3.8) is 0 Å². The number of H-pyrrole nitrogens is 1. The van der Waals surface area contributed by atoms with Crippen LogP contribution in [0.3, 0.4) is 0 Å². The Morgan fingerprint density at radius 3 is 2.39 bits per heavy atom. The van der Waals surface area contributed by atoms with Crippen LogP contribution in [0.15, 0.2) is 15.8 Å². The number of carbonyl (C=O) groups is 2. The summed E-state index contributed by atoms with van der Waals surface area (Å²) in [4.78, 5) is 60.0. The lowest BCUT2D eigenvalue weighted by Gasteiger charge is -2.18. The van der Waals surface area contributed by atoms with Gasteiger partial charge in [0, 0.05) is 51.2 Å². The Morgan fingerprint density at radius 1 is 1.18 bits per heavy atom. The van der Waals surface area contributed by atoms with Crippen molar-refractivity contribution in [1.82, 2.24) is 20.2 Å². The zero-order valence-electron chi connectivity index (χ0n) is 21.3. The molecule has 1 aliphatic rings. The number of carbonyl (C=O) groups excluding carboxylic acids is 2. The van der Waals surface area contributed by atoms with Crippen molar-refractivity contribution in [2.24, 2.45) is 0 Å². The molecule has 0 aliphatic carbocycles. The summed E-state index contributed by atoms with van der Waals surface area (Å²) < 4.78 is 27.9. The SMILES string of the molecule is COP(=O)(O)OC1C[C@H](n2cc(CCC(=O)NCCCCCCNC(=O)CCS)c(=O)[nH]c2=O)O[C@@H]1CO. The molecule has 1 aliphatic heterocycles. The topological polar surface area (TPSA) is 198 Å². The van der Waals surface area contributed by atoms with Crippen LogP contribution >= 0.6 is 20.5 Å². The summed E-state index contributed by atoms with van der Waals surface area (Å²) in [6, 6.07) is 0. The van der Waals surface area contributed by atoms with Gasteiger partial charge in [0.15, 0.2) is 0 Å². The number of phosphoric acid groups is 1. The number of nitrogens with zero attached hydrogens (tertiary/aromatic N) is 1. The third-order valence-corrected chi connectivity index (χ3v) is 7.14. The Balaban J connectivity index is 1.81. The minimum absolute atomic E-state index is 0.00914. The lowest BCUT2D eigenvalue weighted by atomic mass is 10.1. The molecule has 38 heavy (non-hydrogen) atoms. The minimum Gasteiger partial charge on any atom is -0.394 e. The van der Waals surface area contributed by atoms with Crippen LogP contribution < -0.4 is 21.9 Å². The number of thiol groups is 1. The first-order valence-corrected chi connectivity index (χ1v) is 14.5. The molecular formula is C22H37N4O10PS. The maximum Gasteiger partial charge on any atom is 0.472 e. The predicted octanol–water partition coefficient (Wildman–Crippen LogP) is -0.00630. The van der Waals surface area contributed by atoms with Gasteiger partial charge in [-0.05, 0) is 25.0 Å². The Bertz CT molecular complexity index is 1080. The van der Waals surface area contributed by atoms with Crippen LogP contribution in [-0.2, 0) is 34.4 Å². The first-order valence-electron chi connectivity index (χ1n) is 12.4. The monoisotopic (exact) mass is 580 g/mol. The zero-order valence-corrected chi connectivity index (χ0v) is 23.1. The molecule has 14 nitrogen and oxygen atoms in total. The number of hydrogen-bond acceptors (Lipinski definition) is 10. The summed E-state index contributed by atoms with van der Waals surface area (Å²) in [7, 11) is -3.37. The Kier molecular flexibility index (Phi) is 13.7. The third-order valence-electron chi connectivity index (χ3n) is 5.92. The van der Waals surface area contributed by atoms with Crippen molar-refractivity contribution in [2.75, 3.05) is 32.6 Å². The summed E-state index contributed by atoms with van der Waals surface area (Å²) in [6.07, 6.45) is 2.13. The highest BCUT2D eigenvalue weighted by atomic mass is 32.1. The summed E-state index contributed by atoms with van der Waals surface area (Å²) in [5, 5.41) is 15.2. The predicted molar refractivity (Wildman–Crippen MR) is 140 cm³/mol. The van der Waals surface area contributed by atoms with E-state index in [9.17, 15) is 33.7 Å². The van der Waals surface area contributed by atoms with Crippen molar-refractivity contribution < 1.29 is 37.9 Å². The molecule has 2 rings (SSSR count). The lowest BCUT2D eigenvalue weighted by molar-refractivity contribution is -0.121. The molecule has 16 heteroatoms. The van der Waals surface area contributed by atoms with E-state index in [2.05, 4.69) is 32.8 Å². The van der Waals surface area contributed by atoms with Gasteiger partial charge < -0.3 is 25.4 Å². The van der Waals surface area contributed by atoms with Crippen LogP contribution in [0, 0.1) is 0 Å². The van der Waals surface area contributed by atoms with Crippen LogP contribution in [0.25, 0.3) is 0 Å². The average Bonchev–Trinajstić information content (AvgIpc) is 3.26. The Labute approximate surface area is 225 Å². The van der Waals surface area contributed by atoms with Crippen molar-refractivity contribution in [3.8, 4) is 0 Å². The second kappa shape index (κ2) is 16.2. The van der Waals surface area contributed by atoms with Gasteiger partial charge in [-0.3, -0.25) is 33.0 Å². The van der Waals surface area contributed by atoms with E-state index < -0.39 is 44.1 Å².